The lowest BCUT2D eigenvalue weighted by Gasteiger charge is -2.09. The molecule has 16 heavy (non-hydrogen) atoms. The number of anilines is 1. The summed E-state index contributed by atoms with van der Waals surface area (Å²) in [5.41, 5.74) is 1.76. The SMILES string of the molecule is Cc1cc(F)c(Br)cc1NCc1ncc[nH]1. The molecule has 0 saturated carbocycles. The van der Waals surface area contributed by atoms with E-state index in [4.69, 9.17) is 0 Å². The Morgan fingerprint density at radius 1 is 1.50 bits per heavy atom. The summed E-state index contributed by atoms with van der Waals surface area (Å²) in [5, 5.41) is 3.19. The summed E-state index contributed by atoms with van der Waals surface area (Å²) >= 11 is 3.16. The summed E-state index contributed by atoms with van der Waals surface area (Å²) in [4.78, 5) is 7.09. The smallest absolute Gasteiger partial charge is 0.137 e. The van der Waals surface area contributed by atoms with Crippen LogP contribution >= 0.6 is 15.9 Å². The molecule has 2 rings (SSSR count). The van der Waals surface area contributed by atoms with Crippen LogP contribution in [0.4, 0.5) is 10.1 Å². The van der Waals surface area contributed by atoms with Gasteiger partial charge >= 0.3 is 0 Å². The van der Waals surface area contributed by atoms with Gasteiger partial charge in [-0.3, -0.25) is 0 Å². The molecule has 3 nitrogen and oxygen atoms in total. The molecule has 0 amide bonds. The minimum Gasteiger partial charge on any atom is -0.378 e. The number of benzene rings is 1. The Bertz CT molecular complexity index is 482. The maximum Gasteiger partial charge on any atom is 0.137 e. The van der Waals surface area contributed by atoms with E-state index in [1.807, 2.05) is 6.92 Å². The molecule has 0 aliphatic heterocycles. The summed E-state index contributed by atoms with van der Waals surface area (Å²) in [7, 11) is 0. The van der Waals surface area contributed by atoms with Crippen molar-refractivity contribution in [1.82, 2.24) is 9.97 Å². The molecular formula is C11H11BrFN3. The maximum atomic E-state index is 13.2. The molecule has 0 aliphatic rings. The number of rotatable bonds is 3. The summed E-state index contributed by atoms with van der Waals surface area (Å²) in [6, 6.07) is 3.22. The molecule has 84 valence electrons. The van der Waals surface area contributed by atoms with E-state index in [2.05, 4.69) is 31.2 Å². The van der Waals surface area contributed by atoms with E-state index < -0.39 is 0 Å². The highest BCUT2D eigenvalue weighted by Crippen LogP contribution is 2.24. The Hall–Kier alpha value is -1.36. The van der Waals surface area contributed by atoms with Crippen molar-refractivity contribution in [3.05, 3.63) is 46.2 Å². The molecule has 0 aliphatic carbocycles. The molecule has 1 aromatic heterocycles. The number of H-pyrrole nitrogens is 1. The van der Waals surface area contributed by atoms with Crippen molar-refractivity contribution in [2.24, 2.45) is 0 Å². The Labute approximate surface area is 101 Å². The van der Waals surface area contributed by atoms with Gasteiger partial charge < -0.3 is 10.3 Å². The van der Waals surface area contributed by atoms with E-state index >= 15 is 0 Å². The van der Waals surface area contributed by atoms with Crippen molar-refractivity contribution in [2.75, 3.05) is 5.32 Å². The first-order valence-corrected chi connectivity index (χ1v) is 5.64. The number of nitrogens with one attached hydrogen (secondary N) is 2. The highest BCUT2D eigenvalue weighted by Gasteiger charge is 2.05. The highest BCUT2D eigenvalue weighted by atomic mass is 79.9. The van der Waals surface area contributed by atoms with E-state index in [9.17, 15) is 4.39 Å². The van der Waals surface area contributed by atoms with Gasteiger partial charge in [-0.25, -0.2) is 9.37 Å². The summed E-state index contributed by atoms with van der Waals surface area (Å²) in [5.74, 6) is 0.598. The van der Waals surface area contributed by atoms with Crippen LogP contribution in [0.15, 0.2) is 29.0 Å². The number of nitrogens with zero attached hydrogens (tertiary/aromatic N) is 1. The molecule has 0 atom stereocenters. The normalized spacial score (nSPS) is 10.4. The molecule has 2 aromatic rings. The monoisotopic (exact) mass is 283 g/mol. The molecular weight excluding hydrogens is 273 g/mol. The van der Waals surface area contributed by atoms with Crippen molar-refractivity contribution < 1.29 is 4.39 Å². The molecule has 5 heteroatoms. The van der Waals surface area contributed by atoms with Crippen molar-refractivity contribution in [1.29, 1.82) is 0 Å². The molecule has 1 aromatic carbocycles. The lowest BCUT2D eigenvalue weighted by atomic mass is 10.2. The second kappa shape index (κ2) is 4.65. The quantitative estimate of drug-likeness (QED) is 0.908. The Balaban J connectivity index is 2.12. The fourth-order valence-corrected chi connectivity index (χ4v) is 1.75. The van der Waals surface area contributed by atoms with Gasteiger partial charge in [-0.2, -0.15) is 0 Å². The summed E-state index contributed by atoms with van der Waals surface area (Å²) in [6.45, 7) is 2.45. The number of hydrogen-bond acceptors (Lipinski definition) is 2. The predicted octanol–water partition coefficient (Wildman–Crippen LogP) is 3.23. The van der Waals surface area contributed by atoms with Crippen molar-refractivity contribution in [2.45, 2.75) is 13.5 Å². The van der Waals surface area contributed by atoms with Gasteiger partial charge in [-0.05, 0) is 40.5 Å². The molecule has 0 unspecified atom stereocenters. The van der Waals surface area contributed by atoms with E-state index in [0.29, 0.717) is 11.0 Å². The third-order valence-electron chi connectivity index (χ3n) is 2.27. The second-order valence-corrected chi connectivity index (χ2v) is 4.32. The van der Waals surface area contributed by atoms with Crippen LogP contribution in [0.5, 0.6) is 0 Å². The number of halogens is 2. The van der Waals surface area contributed by atoms with Gasteiger partial charge in [0.15, 0.2) is 0 Å². The van der Waals surface area contributed by atoms with E-state index in [-0.39, 0.29) is 5.82 Å². The van der Waals surface area contributed by atoms with Crippen LogP contribution < -0.4 is 5.32 Å². The van der Waals surface area contributed by atoms with Gasteiger partial charge in [0.25, 0.3) is 0 Å². The predicted molar refractivity (Wildman–Crippen MR) is 64.8 cm³/mol. The first kappa shape index (κ1) is 11.1. The zero-order valence-corrected chi connectivity index (χ0v) is 10.3. The van der Waals surface area contributed by atoms with E-state index in [0.717, 1.165) is 17.1 Å². The fourth-order valence-electron chi connectivity index (χ4n) is 1.41. The molecule has 0 saturated heterocycles. The minimum atomic E-state index is -0.249. The number of aryl methyl sites for hydroxylation is 1. The van der Waals surface area contributed by atoms with Gasteiger partial charge in [-0.1, -0.05) is 0 Å². The van der Waals surface area contributed by atoms with Crippen molar-refractivity contribution in [3.63, 3.8) is 0 Å². The zero-order valence-electron chi connectivity index (χ0n) is 8.72. The van der Waals surface area contributed by atoms with Crippen LogP contribution in [0.1, 0.15) is 11.4 Å². The van der Waals surface area contributed by atoms with Gasteiger partial charge in [-0.15, -0.1) is 0 Å². The van der Waals surface area contributed by atoms with Crippen LogP contribution in [0.3, 0.4) is 0 Å². The fraction of sp³-hybridized carbons (Fsp3) is 0.182. The first-order valence-electron chi connectivity index (χ1n) is 4.84. The van der Waals surface area contributed by atoms with Crippen LogP contribution in [0.25, 0.3) is 0 Å². The largest absolute Gasteiger partial charge is 0.378 e. The molecule has 0 bridgehead atoms. The standard InChI is InChI=1S/C11H11BrFN3/c1-7-4-9(13)8(12)5-10(7)16-6-11-14-2-3-15-11/h2-5,16H,6H2,1H3,(H,14,15). The Morgan fingerprint density at radius 2 is 2.31 bits per heavy atom. The molecule has 2 N–H and O–H groups in total. The lowest BCUT2D eigenvalue weighted by Crippen LogP contribution is -2.03. The first-order chi connectivity index (χ1) is 7.66. The number of imidazole rings is 1. The molecule has 0 fully saturated rings. The van der Waals surface area contributed by atoms with Crippen molar-refractivity contribution >= 4 is 21.6 Å². The van der Waals surface area contributed by atoms with Crippen LogP contribution in [-0.2, 0) is 6.54 Å². The van der Waals surface area contributed by atoms with Gasteiger partial charge in [0.2, 0.25) is 0 Å². The van der Waals surface area contributed by atoms with E-state index in [1.165, 1.54) is 6.07 Å². The van der Waals surface area contributed by atoms with Crippen LogP contribution in [0.2, 0.25) is 0 Å². The molecule has 0 spiro atoms. The van der Waals surface area contributed by atoms with Crippen LogP contribution in [0, 0.1) is 12.7 Å². The summed E-state index contributed by atoms with van der Waals surface area (Å²) < 4.78 is 13.6. The Kier molecular flexibility index (Phi) is 3.24. The lowest BCUT2D eigenvalue weighted by molar-refractivity contribution is 0.620. The minimum absolute atomic E-state index is 0.249. The Morgan fingerprint density at radius 3 is 3.00 bits per heavy atom. The zero-order chi connectivity index (χ0) is 11.5. The molecule has 1 heterocycles. The summed E-state index contributed by atoms with van der Waals surface area (Å²) in [6.07, 6.45) is 3.47. The number of aromatic nitrogens is 2. The van der Waals surface area contributed by atoms with Crippen molar-refractivity contribution in [3.8, 4) is 0 Å². The third kappa shape index (κ3) is 2.41. The average molecular weight is 284 g/mol. The second-order valence-electron chi connectivity index (χ2n) is 3.47. The van der Waals surface area contributed by atoms with Gasteiger partial charge in [0, 0.05) is 18.1 Å². The van der Waals surface area contributed by atoms with E-state index in [1.54, 1.807) is 18.5 Å². The topological polar surface area (TPSA) is 40.7 Å². The maximum absolute atomic E-state index is 13.2. The van der Waals surface area contributed by atoms with Gasteiger partial charge in [0.05, 0.1) is 11.0 Å². The highest BCUT2D eigenvalue weighted by molar-refractivity contribution is 9.10. The third-order valence-corrected chi connectivity index (χ3v) is 2.88. The van der Waals surface area contributed by atoms with Gasteiger partial charge in [0.1, 0.15) is 11.6 Å². The number of aromatic amines is 1. The number of hydrogen-bond donors (Lipinski definition) is 2. The average Bonchev–Trinajstić information content (AvgIpc) is 2.74. The molecule has 0 radical (unpaired) electrons. The van der Waals surface area contributed by atoms with Crippen LogP contribution in [-0.4, -0.2) is 9.97 Å².